The van der Waals surface area contributed by atoms with Crippen molar-refractivity contribution in [3.63, 3.8) is 0 Å². The summed E-state index contributed by atoms with van der Waals surface area (Å²) in [5, 5.41) is 6.63. The Labute approximate surface area is 160 Å². The van der Waals surface area contributed by atoms with Gasteiger partial charge in [-0.25, -0.2) is 0 Å². The average molecular weight is 379 g/mol. The van der Waals surface area contributed by atoms with Crippen molar-refractivity contribution in [3.8, 4) is 28.6 Å². The van der Waals surface area contributed by atoms with E-state index in [1.807, 2.05) is 36.4 Å². The smallest absolute Gasteiger partial charge is 0.246 e. The monoisotopic (exact) mass is 379 g/mol. The number of methoxy groups -OCH3 is 1. The number of ether oxygens (including phenoxy) is 3. The minimum atomic E-state index is -0.276. The second kappa shape index (κ2) is 7.83. The first-order valence-corrected chi connectivity index (χ1v) is 8.54. The van der Waals surface area contributed by atoms with Crippen LogP contribution in [0.4, 0.5) is 0 Å². The number of nitrogens with zero attached hydrogens (tertiary/aromatic N) is 2. The molecule has 0 aliphatic carbocycles. The Morgan fingerprint density at radius 3 is 2.82 bits per heavy atom. The number of hydrogen-bond donors (Lipinski definition) is 1. The van der Waals surface area contributed by atoms with Crippen molar-refractivity contribution in [2.24, 2.45) is 0 Å². The van der Waals surface area contributed by atoms with E-state index < -0.39 is 0 Å². The molecule has 142 valence electrons. The summed E-state index contributed by atoms with van der Waals surface area (Å²) < 4.78 is 20.9. The number of amides is 1. The molecule has 0 saturated carbocycles. The van der Waals surface area contributed by atoms with Crippen molar-refractivity contribution in [1.29, 1.82) is 0 Å². The van der Waals surface area contributed by atoms with Gasteiger partial charge in [0.05, 0.1) is 13.7 Å². The zero-order valence-corrected chi connectivity index (χ0v) is 15.0. The van der Waals surface area contributed by atoms with E-state index >= 15 is 0 Å². The standard InChI is InChI=1S/C20H17N3O5/c1-25-15-6-4-14(5-7-15)20-22-19(28-23-20)11-21-18(24)9-3-13-2-8-16-17(10-13)27-12-26-16/h2-10H,11-12H2,1H3,(H,21,24)/b9-3+. The minimum absolute atomic E-state index is 0.132. The average Bonchev–Trinajstić information content (AvgIpc) is 3.39. The van der Waals surface area contributed by atoms with Gasteiger partial charge in [-0.15, -0.1) is 0 Å². The first kappa shape index (κ1) is 17.6. The molecule has 8 heteroatoms. The zero-order chi connectivity index (χ0) is 19.3. The van der Waals surface area contributed by atoms with Crippen LogP contribution in [0.1, 0.15) is 11.5 Å². The van der Waals surface area contributed by atoms with Gasteiger partial charge in [0.2, 0.25) is 24.4 Å². The van der Waals surface area contributed by atoms with Crippen LogP contribution in [0.3, 0.4) is 0 Å². The molecule has 1 aliphatic heterocycles. The third kappa shape index (κ3) is 3.96. The Hall–Kier alpha value is -3.81. The largest absolute Gasteiger partial charge is 0.497 e. The normalized spacial score (nSPS) is 12.3. The number of hydrogen-bond acceptors (Lipinski definition) is 7. The number of carbonyl (C=O) groups excluding carboxylic acids is 1. The second-order valence-electron chi connectivity index (χ2n) is 5.90. The van der Waals surface area contributed by atoms with Crippen LogP contribution in [-0.2, 0) is 11.3 Å². The van der Waals surface area contributed by atoms with Crippen LogP contribution < -0.4 is 19.5 Å². The molecule has 2 aromatic carbocycles. The van der Waals surface area contributed by atoms with E-state index in [9.17, 15) is 4.79 Å². The SMILES string of the molecule is COc1ccc(-c2noc(CNC(=O)/C=C/c3ccc4c(c3)OCO4)n2)cc1. The fraction of sp³-hybridized carbons (Fsp3) is 0.150. The fourth-order valence-corrected chi connectivity index (χ4v) is 2.59. The van der Waals surface area contributed by atoms with Gasteiger partial charge in [0.1, 0.15) is 5.75 Å². The lowest BCUT2D eigenvalue weighted by Crippen LogP contribution is -2.20. The summed E-state index contributed by atoms with van der Waals surface area (Å²) in [7, 11) is 1.60. The predicted molar refractivity (Wildman–Crippen MR) is 99.7 cm³/mol. The molecule has 0 atom stereocenters. The molecule has 0 spiro atoms. The molecule has 0 saturated heterocycles. The highest BCUT2D eigenvalue weighted by molar-refractivity contribution is 5.91. The fourth-order valence-electron chi connectivity index (χ4n) is 2.59. The van der Waals surface area contributed by atoms with Crippen molar-refractivity contribution in [1.82, 2.24) is 15.5 Å². The minimum Gasteiger partial charge on any atom is -0.497 e. The molecule has 0 radical (unpaired) electrons. The summed E-state index contributed by atoms with van der Waals surface area (Å²) >= 11 is 0. The van der Waals surface area contributed by atoms with Crippen molar-refractivity contribution >= 4 is 12.0 Å². The van der Waals surface area contributed by atoms with Crippen LogP contribution in [0, 0.1) is 0 Å². The molecule has 1 N–H and O–H groups in total. The van der Waals surface area contributed by atoms with Crippen LogP contribution in [0.25, 0.3) is 17.5 Å². The maximum absolute atomic E-state index is 12.0. The maximum Gasteiger partial charge on any atom is 0.246 e. The second-order valence-corrected chi connectivity index (χ2v) is 5.90. The Balaban J connectivity index is 1.33. The highest BCUT2D eigenvalue weighted by Gasteiger charge is 2.12. The summed E-state index contributed by atoms with van der Waals surface area (Å²) in [6.45, 7) is 0.346. The van der Waals surface area contributed by atoms with Gasteiger partial charge in [-0.3, -0.25) is 4.79 Å². The number of nitrogens with one attached hydrogen (secondary N) is 1. The quantitative estimate of drug-likeness (QED) is 0.658. The van der Waals surface area contributed by atoms with Crippen LogP contribution in [0.2, 0.25) is 0 Å². The van der Waals surface area contributed by atoms with Gasteiger partial charge in [0.15, 0.2) is 11.5 Å². The lowest BCUT2D eigenvalue weighted by Gasteiger charge is -1.99. The molecule has 28 heavy (non-hydrogen) atoms. The summed E-state index contributed by atoms with van der Waals surface area (Å²) in [5.41, 5.74) is 1.63. The molecule has 8 nitrogen and oxygen atoms in total. The Morgan fingerprint density at radius 1 is 1.18 bits per heavy atom. The van der Waals surface area contributed by atoms with Gasteiger partial charge < -0.3 is 24.1 Å². The highest BCUT2D eigenvalue weighted by atomic mass is 16.7. The molecule has 0 fully saturated rings. The number of carbonyl (C=O) groups is 1. The first-order chi connectivity index (χ1) is 13.7. The van der Waals surface area contributed by atoms with E-state index in [0.29, 0.717) is 23.2 Å². The van der Waals surface area contributed by atoms with E-state index in [1.54, 1.807) is 19.3 Å². The van der Waals surface area contributed by atoms with Gasteiger partial charge in [-0.05, 0) is 48.0 Å². The van der Waals surface area contributed by atoms with Crippen molar-refractivity contribution in [2.75, 3.05) is 13.9 Å². The third-order valence-electron chi connectivity index (χ3n) is 4.05. The zero-order valence-electron chi connectivity index (χ0n) is 15.0. The molecule has 0 unspecified atom stereocenters. The summed E-state index contributed by atoms with van der Waals surface area (Å²) in [4.78, 5) is 16.3. The topological polar surface area (TPSA) is 95.7 Å². The highest BCUT2D eigenvalue weighted by Crippen LogP contribution is 2.32. The van der Waals surface area contributed by atoms with Gasteiger partial charge in [-0.2, -0.15) is 4.98 Å². The number of aromatic nitrogens is 2. The van der Waals surface area contributed by atoms with Gasteiger partial charge in [-0.1, -0.05) is 11.2 Å². The van der Waals surface area contributed by atoms with Gasteiger partial charge in [0, 0.05) is 11.6 Å². The van der Waals surface area contributed by atoms with Crippen LogP contribution in [0.5, 0.6) is 17.2 Å². The maximum atomic E-state index is 12.0. The molecule has 2 heterocycles. The molecular formula is C20H17N3O5. The Kier molecular flexibility index (Phi) is 4.92. The summed E-state index contributed by atoms with van der Waals surface area (Å²) in [5.74, 6) is 2.60. The molecule has 1 amide bonds. The van der Waals surface area contributed by atoms with E-state index in [4.69, 9.17) is 18.7 Å². The van der Waals surface area contributed by atoms with E-state index in [0.717, 1.165) is 16.9 Å². The summed E-state index contributed by atoms with van der Waals surface area (Å²) in [6, 6.07) is 12.8. The van der Waals surface area contributed by atoms with Crippen LogP contribution >= 0.6 is 0 Å². The first-order valence-electron chi connectivity index (χ1n) is 8.54. The van der Waals surface area contributed by atoms with Crippen LogP contribution in [0.15, 0.2) is 53.1 Å². The Bertz CT molecular complexity index is 1010. The van der Waals surface area contributed by atoms with Crippen LogP contribution in [-0.4, -0.2) is 30.0 Å². The number of rotatable bonds is 6. The van der Waals surface area contributed by atoms with Crippen molar-refractivity contribution < 1.29 is 23.5 Å². The van der Waals surface area contributed by atoms with Crippen molar-refractivity contribution in [3.05, 3.63) is 60.0 Å². The molecule has 1 aliphatic rings. The van der Waals surface area contributed by atoms with E-state index in [-0.39, 0.29) is 19.2 Å². The van der Waals surface area contributed by atoms with Gasteiger partial charge in [0.25, 0.3) is 0 Å². The number of fused-ring (bicyclic) bond motifs is 1. The van der Waals surface area contributed by atoms with E-state index in [2.05, 4.69) is 15.5 Å². The van der Waals surface area contributed by atoms with E-state index in [1.165, 1.54) is 6.08 Å². The molecule has 1 aromatic heterocycles. The predicted octanol–water partition coefficient (Wildman–Crippen LogP) is 2.80. The Morgan fingerprint density at radius 2 is 2.00 bits per heavy atom. The number of benzene rings is 2. The summed E-state index contributed by atoms with van der Waals surface area (Å²) in [6.07, 6.45) is 3.12. The lowest BCUT2D eigenvalue weighted by atomic mass is 10.2. The molecular weight excluding hydrogens is 362 g/mol. The van der Waals surface area contributed by atoms with Gasteiger partial charge >= 0.3 is 0 Å². The molecule has 0 bridgehead atoms. The lowest BCUT2D eigenvalue weighted by molar-refractivity contribution is -0.116. The molecule has 4 rings (SSSR count). The van der Waals surface area contributed by atoms with Crippen molar-refractivity contribution in [2.45, 2.75) is 6.54 Å². The third-order valence-corrected chi connectivity index (χ3v) is 4.05. The molecule has 3 aromatic rings.